The van der Waals surface area contributed by atoms with Crippen molar-refractivity contribution in [2.75, 3.05) is 6.79 Å². The molecule has 2 aromatic heterocycles. The molecular weight excluding hydrogens is 326 g/mol. The number of carbonyl (C=O) groups is 1. The molecule has 3 heterocycles. The summed E-state index contributed by atoms with van der Waals surface area (Å²) in [6, 6.07) is 11.2. The summed E-state index contributed by atoms with van der Waals surface area (Å²) in [6.45, 7) is 0.631. The van der Waals surface area contributed by atoms with Gasteiger partial charge < -0.3 is 14.8 Å². The van der Waals surface area contributed by atoms with E-state index in [1.165, 1.54) is 11.3 Å². The number of fused-ring (bicyclic) bond motifs is 1. The standard InChI is InChI=1S/C17H13N3O3S/c21-16(13-9-24-17(20-13)12-3-1-2-6-18-12)19-8-11-4-5-14-15(7-11)23-10-22-14/h1-7,9H,8,10H2,(H,19,21). The molecule has 0 aliphatic carbocycles. The molecule has 0 atom stereocenters. The monoisotopic (exact) mass is 339 g/mol. The molecule has 3 aromatic rings. The summed E-state index contributed by atoms with van der Waals surface area (Å²) < 4.78 is 10.6. The summed E-state index contributed by atoms with van der Waals surface area (Å²) in [5, 5.41) is 5.32. The van der Waals surface area contributed by atoms with Crippen LogP contribution in [0.1, 0.15) is 16.1 Å². The van der Waals surface area contributed by atoms with Crippen LogP contribution in [0.25, 0.3) is 10.7 Å². The Bertz CT molecular complexity index is 880. The number of aromatic nitrogens is 2. The predicted molar refractivity (Wildman–Crippen MR) is 89.1 cm³/mol. The third-order valence-corrected chi connectivity index (χ3v) is 4.38. The van der Waals surface area contributed by atoms with Crippen LogP contribution in [0, 0.1) is 0 Å². The van der Waals surface area contributed by atoms with Gasteiger partial charge in [-0.2, -0.15) is 0 Å². The Morgan fingerprint density at radius 2 is 2.12 bits per heavy atom. The van der Waals surface area contributed by atoms with Crippen LogP contribution < -0.4 is 14.8 Å². The molecular formula is C17H13N3O3S. The van der Waals surface area contributed by atoms with E-state index in [2.05, 4.69) is 15.3 Å². The first-order valence-corrected chi connectivity index (χ1v) is 8.21. The maximum Gasteiger partial charge on any atom is 0.271 e. The number of thiazole rings is 1. The van der Waals surface area contributed by atoms with E-state index in [0.717, 1.165) is 22.0 Å². The number of nitrogens with zero attached hydrogens (tertiary/aromatic N) is 2. The first-order chi connectivity index (χ1) is 11.8. The van der Waals surface area contributed by atoms with Gasteiger partial charge >= 0.3 is 0 Å². The van der Waals surface area contributed by atoms with Crippen molar-refractivity contribution < 1.29 is 14.3 Å². The topological polar surface area (TPSA) is 73.3 Å². The summed E-state index contributed by atoms with van der Waals surface area (Å²) in [5.41, 5.74) is 2.09. The Labute approximate surface area is 142 Å². The molecule has 0 radical (unpaired) electrons. The van der Waals surface area contributed by atoms with Gasteiger partial charge in [0.2, 0.25) is 6.79 Å². The van der Waals surface area contributed by atoms with Gasteiger partial charge in [0.15, 0.2) is 11.5 Å². The Morgan fingerprint density at radius 3 is 3.00 bits per heavy atom. The van der Waals surface area contributed by atoms with Crippen LogP contribution in [-0.4, -0.2) is 22.7 Å². The predicted octanol–water partition coefficient (Wildman–Crippen LogP) is 2.86. The van der Waals surface area contributed by atoms with Crippen LogP contribution in [0.2, 0.25) is 0 Å². The van der Waals surface area contributed by atoms with Crippen LogP contribution in [0.15, 0.2) is 48.0 Å². The highest BCUT2D eigenvalue weighted by Crippen LogP contribution is 2.32. The molecule has 1 N–H and O–H groups in total. The summed E-state index contributed by atoms with van der Waals surface area (Å²) >= 11 is 1.40. The maximum absolute atomic E-state index is 12.3. The molecule has 0 saturated carbocycles. The van der Waals surface area contributed by atoms with E-state index < -0.39 is 0 Å². The van der Waals surface area contributed by atoms with Crippen molar-refractivity contribution in [2.45, 2.75) is 6.54 Å². The number of pyridine rings is 1. The second-order valence-corrected chi connectivity index (χ2v) is 5.98. The van der Waals surface area contributed by atoms with Crippen molar-refractivity contribution in [1.29, 1.82) is 0 Å². The lowest BCUT2D eigenvalue weighted by atomic mass is 10.2. The average Bonchev–Trinajstić information content (AvgIpc) is 3.29. The van der Waals surface area contributed by atoms with Crippen molar-refractivity contribution in [1.82, 2.24) is 15.3 Å². The average molecular weight is 339 g/mol. The lowest BCUT2D eigenvalue weighted by Gasteiger charge is -2.04. The molecule has 1 aromatic carbocycles. The fraction of sp³-hybridized carbons (Fsp3) is 0.118. The van der Waals surface area contributed by atoms with Crippen molar-refractivity contribution in [3.8, 4) is 22.2 Å². The second kappa shape index (κ2) is 6.29. The molecule has 120 valence electrons. The Morgan fingerprint density at radius 1 is 1.21 bits per heavy atom. The molecule has 1 aliphatic heterocycles. The highest BCUT2D eigenvalue weighted by molar-refractivity contribution is 7.13. The van der Waals surface area contributed by atoms with Gasteiger partial charge in [-0.3, -0.25) is 9.78 Å². The molecule has 0 fully saturated rings. The van der Waals surface area contributed by atoms with E-state index in [1.54, 1.807) is 11.6 Å². The lowest BCUT2D eigenvalue weighted by molar-refractivity contribution is 0.0946. The minimum absolute atomic E-state index is 0.217. The van der Waals surface area contributed by atoms with Gasteiger partial charge in [-0.25, -0.2) is 4.98 Å². The van der Waals surface area contributed by atoms with Gasteiger partial charge in [0.05, 0.1) is 5.69 Å². The first kappa shape index (κ1) is 14.6. The minimum Gasteiger partial charge on any atom is -0.454 e. The highest BCUT2D eigenvalue weighted by Gasteiger charge is 2.15. The maximum atomic E-state index is 12.3. The summed E-state index contributed by atoms with van der Waals surface area (Å²) in [5.74, 6) is 1.21. The quantitative estimate of drug-likeness (QED) is 0.791. The number of nitrogens with one attached hydrogen (secondary N) is 1. The van der Waals surface area contributed by atoms with E-state index in [9.17, 15) is 4.79 Å². The molecule has 1 aliphatic rings. The van der Waals surface area contributed by atoms with Crippen LogP contribution in [0.3, 0.4) is 0 Å². The number of carbonyl (C=O) groups excluding carboxylic acids is 1. The van der Waals surface area contributed by atoms with E-state index in [1.807, 2.05) is 36.4 Å². The lowest BCUT2D eigenvalue weighted by Crippen LogP contribution is -2.23. The van der Waals surface area contributed by atoms with Gasteiger partial charge in [0, 0.05) is 18.1 Å². The molecule has 1 amide bonds. The molecule has 4 rings (SSSR count). The molecule has 0 unspecified atom stereocenters. The third-order valence-electron chi connectivity index (χ3n) is 3.51. The Hall–Kier alpha value is -2.93. The smallest absolute Gasteiger partial charge is 0.271 e. The largest absolute Gasteiger partial charge is 0.454 e. The van der Waals surface area contributed by atoms with E-state index in [4.69, 9.17) is 9.47 Å². The van der Waals surface area contributed by atoms with Gasteiger partial charge in [-0.1, -0.05) is 12.1 Å². The van der Waals surface area contributed by atoms with Crippen molar-refractivity contribution in [3.05, 3.63) is 59.2 Å². The van der Waals surface area contributed by atoms with Gasteiger partial charge in [0.25, 0.3) is 5.91 Å². The van der Waals surface area contributed by atoms with Crippen molar-refractivity contribution >= 4 is 17.2 Å². The number of hydrogen-bond donors (Lipinski definition) is 1. The van der Waals surface area contributed by atoms with Crippen LogP contribution in [0.4, 0.5) is 0 Å². The van der Waals surface area contributed by atoms with Crippen LogP contribution in [-0.2, 0) is 6.54 Å². The van der Waals surface area contributed by atoms with Crippen molar-refractivity contribution in [3.63, 3.8) is 0 Å². The summed E-state index contributed by atoms with van der Waals surface area (Å²) in [4.78, 5) is 20.8. The normalized spacial score (nSPS) is 12.2. The SMILES string of the molecule is O=C(NCc1ccc2c(c1)OCO2)c1csc(-c2ccccn2)n1. The molecule has 6 nitrogen and oxygen atoms in total. The third kappa shape index (κ3) is 2.93. The summed E-state index contributed by atoms with van der Waals surface area (Å²) in [7, 11) is 0. The second-order valence-electron chi connectivity index (χ2n) is 5.12. The van der Waals surface area contributed by atoms with Crippen LogP contribution in [0.5, 0.6) is 11.5 Å². The van der Waals surface area contributed by atoms with E-state index in [0.29, 0.717) is 18.0 Å². The highest BCUT2D eigenvalue weighted by atomic mass is 32.1. The number of rotatable bonds is 4. The molecule has 0 bridgehead atoms. The molecule has 0 saturated heterocycles. The Kier molecular flexibility index (Phi) is 3.84. The molecule has 7 heteroatoms. The zero-order valence-corrected chi connectivity index (χ0v) is 13.4. The number of amides is 1. The zero-order valence-electron chi connectivity index (χ0n) is 12.6. The van der Waals surface area contributed by atoms with E-state index >= 15 is 0 Å². The zero-order chi connectivity index (χ0) is 16.4. The first-order valence-electron chi connectivity index (χ1n) is 7.33. The van der Waals surface area contributed by atoms with E-state index in [-0.39, 0.29) is 12.7 Å². The number of hydrogen-bond acceptors (Lipinski definition) is 6. The Balaban J connectivity index is 1.42. The van der Waals surface area contributed by atoms with Crippen molar-refractivity contribution in [2.24, 2.45) is 0 Å². The molecule has 24 heavy (non-hydrogen) atoms. The van der Waals surface area contributed by atoms with Crippen LogP contribution >= 0.6 is 11.3 Å². The minimum atomic E-state index is -0.217. The fourth-order valence-electron chi connectivity index (χ4n) is 2.31. The van der Waals surface area contributed by atoms with Gasteiger partial charge in [-0.15, -0.1) is 11.3 Å². The van der Waals surface area contributed by atoms with Gasteiger partial charge in [0.1, 0.15) is 10.7 Å². The fourth-order valence-corrected chi connectivity index (χ4v) is 3.08. The van der Waals surface area contributed by atoms with Gasteiger partial charge in [-0.05, 0) is 29.8 Å². The summed E-state index contributed by atoms with van der Waals surface area (Å²) in [6.07, 6.45) is 1.70. The molecule has 0 spiro atoms. The number of ether oxygens (including phenoxy) is 2. The number of benzene rings is 1.